The first kappa shape index (κ1) is 12.4. The maximum atomic E-state index is 11.9. The second-order valence-electron chi connectivity index (χ2n) is 4.50. The molecule has 0 radical (unpaired) electrons. The first-order chi connectivity index (χ1) is 8.54. The third-order valence-electron chi connectivity index (χ3n) is 2.70. The highest BCUT2D eigenvalue weighted by Crippen LogP contribution is 2.10. The molecule has 4 nitrogen and oxygen atoms in total. The number of aryl methyl sites for hydroxylation is 3. The Balaban J connectivity index is 2.03. The van der Waals surface area contributed by atoms with E-state index < -0.39 is 0 Å². The molecule has 4 heteroatoms. The number of nitrogens with zero attached hydrogens (tertiary/aromatic N) is 2. The Morgan fingerprint density at radius 1 is 1.28 bits per heavy atom. The van der Waals surface area contributed by atoms with E-state index in [1.807, 2.05) is 51.1 Å². The van der Waals surface area contributed by atoms with Gasteiger partial charge in [0, 0.05) is 11.4 Å². The molecule has 0 spiro atoms. The van der Waals surface area contributed by atoms with Gasteiger partial charge in [0.1, 0.15) is 6.54 Å². The SMILES string of the molecule is Cc1cccc(NC(=O)Cn2nc(C)cc2C)c1. The van der Waals surface area contributed by atoms with Crippen LogP contribution in [0.1, 0.15) is 17.0 Å². The smallest absolute Gasteiger partial charge is 0.246 e. The summed E-state index contributed by atoms with van der Waals surface area (Å²) in [6.07, 6.45) is 0. The Morgan fingerprint density at radius 2 is 2.06 bits per heavy atom. The van der Waals surface area contributed by atoms with Crippen molar-refractivity contribution in [2.75, 3.05) is 5.32 Å². The normalized spacial score (nSPS) is 10.4. The van der Waals surface area contributed by atoms with Crippen molar-refractivity contribution in [3.05, 3.63) is 47.3 Å². The van der Waals surface area contributed by atoms with Crippen LogP contribution in [0.4, 0.5) is 5.69 Å². The number of nitrogens with one attached hydrogen (secondary N) is 1. The minimum absolute atomic E-state index is 0.0631. The molecular weight excluding hydrogens is 226 g/mol. The van der Waals surface area contributed by atoms with Crippen LogP contribution in [0.2, 0.25) is 0 Å². The molecule has 0 aliphatic carbocycles. The minimum Gasteiger partial charge on any atom is -0.324 e. The predicted octanol–water partition coefficient (Wildman–Crippen LogP) is 2.45. The fourth-order valence-corrected chi connectivity index (χ4v) is 1.89. The highest BCUT2D eigenvalue weighted by molar-refractivity contribution is 5.90. The first-order valence-corrected chi connectivity index (χ1v) is 5.92. The van der Waals surface area contributed by atoms with E-state index in [1.165, 1.54) is 0 Å². The van der Waals surface area contributed by atoms with Crippen LogP contribution in [0.3, 0.4) is 0 Å². The van der Waals surface area contributed by atoms with E-state index in [9.17, 15) is 4.79 Å². The van der Waals surface area contributed by atoms with E-state index in [0.29, 0.717) is 0 Å². The minimum atomic E-state index is -0.0631. The van der Waals surface area contributed by atoms with E-state index in [4.69, 9.17) is 0 Å². The number of amides is 1. The number of rotatable bonds is 3. The molecule has 2 rings (SSSR count). The fraction of sp³-hybridized carbons (Fsp3) is 0.286. The zero-order chi connectivity index (χ0) is 13.1. The molecule has 1 aromatic heterocycles. The van der Waals surface area contributed by atoms with Crippen LogP contribution in [0, 0.1) is 20.8 Å². The van der Waals surface area contributed by atoms with E-state index >= 15 is 0 Å². The molecule has 94 valence electrons. The van der Waals surface area contributed by atoms with Crippen molar-refractivity contribution in [1.82, 2.24) is 9.78 Å². The van der Waals surface area contributed by atoms with Gasteiger partial charge in [-0.1, -0.05) is 12.1 Å². The molecule has 0 saturated heterocycles. The van der Waals surface area contributed by atoms with Gasteiger partial charge in [0.05, 0.1) is 5.69 Å². The summed E-state index contributed by atoms with van der Waals surface area (Å²) in [5.41, 5.74) is 3.86. The van der Waals surface area contributed by atoms with Gasteiger partial charge in [-0.25, -0.2) is 0 Å². The van der Waals surface area contributed by atoms with Crippen molar-refractivity contribution >= 4 is 11.6 Å². The average molecular weight is 243 g/mol. The number of anilines is 1. The standard InChI is InChI=1S/C14H17N3O/c1-10-5-4-6-13(7-10)15-14(18)9-17-12(3)8-11(2)16-17/h4-8H,9H2,1-3H3,(H,15,18). The first-order valence-electron chi connectivity index (χ1n) is 5.92. The maximum absolute atomic E-state index is 11.9. The lowest BCUT2D eigenvalue weighted by Crippen LogP contribution is -2.20. The van der Waals surface area contributed by atoms with Crippen molar-refractivity contribution in [2.24, 2.45) is 0 Å². The van der Waals surface area contributed by atoms with Gasteiger partial charge in [0.25, 0.3) is 0 Å². The zero-order valence-electron chi connectivity index (χ0n) is 10.9. The number of carbonyl (C=O) groups excluding carboxylic acids is 1. The van der Waals surface area contributed by atoms with Gasteiger partial charge in [-0.05, 0) is 44.5 Å². The van der Waals surface area contributed by atoms with Crippen molar-refractivity contribution < 1.29 is 4.79 Å². The molecule has 0 aliphatic rings. The van der Waals surface area contributed by atoms with Gasteiger partial charge in [-0.15, -0.1) is 0 Å². The Bertz CT molecular complexity index is 572. The Labute approximate surface area is 107 Å². The number of hydrogen-bond donors (Lipinski definition) is 1. The van der Waals surface area contributed by atoms with Gasteiger partial charge in [0.2, 0.25) is 5.91 Å². The fourth-order valence-electron chi connectivity index (χ4n) is 1.89. The Morgan fingerprint density at radius 3 is 2.67 bits per heavy atom. The summed E-state index contributed by atoms with van der Waals surface area (Å²) in [6.45, 7) is 6.10. The second-order valence-corrected chi connectivity index (χ2v) is 4.50. The third-order valence-corrected chi connectivity index (χ3v) is 2.70. The Hall–Kier alpha value is -2.10. The molecule has 1 N–H and O–H groups in total. The molecular formula is C14H17N3O. The second kappa shape index (κ2) is 5.04. The lowest BCUT2D eigenvalue weighted by Gasteiger charge is -2.07. The molecule has 1 heterocycles. The molecule has 0 saturated carbocycles. The van der Waals surface area contributed by atoms with Crippen LogP contribution in [-0.2, 0) is 11.3 Å². The number of benzene rings is 1. The summed E-state index contributed by atoms with van der Waals surface area (Å²) in [5, 5.41) is 7.13. The summed E-state index contributed by atoms with van der Waals surface area (Å²) < 4.78 is 1.71. The van der Waals surface area contributed by atoms with E-state index in [1.54, 1.807) is 4.68 Å². The van der Waals surface area contributed by atoms with Gasteiger partial charge < -0.3 is 5.32 Å². The van der Waals surface area contributed by atoms with Crippen molar-refractivity contribution in [2.45, 2.75) is 27.3 Å². The number of aromatic nitrogens is 2. The average Bonchev–Trinajstić information content (AvgIpc) is 2.57. The topological polar surface area (TPSA) is 46.9 Å². The predicted molar refractivity (Wildman–Crippen MR) is 71.5 cm³/mol. The summed E-state index contributed by atoms with van der Waals surface area (Å²) in [5.74, 6) is -0.0631. The third kappa shape index (κ3) is 2.97. The lowest BCUT2D eigenvalue weighted by atomic mass is 10.2. The molecule has 0 unspecified atom stereocenters. The molecule has 0 aliphatic heterocycles. The highest BCUT2D eigenvalue weighted by atomic mass is 16.2. The van der Waals surface area contributed by atoms with E-state index in [-0.39, 0.29) is 12.5 Å². The van der Waals surface area contributed by atoms with Crippen LogP contribution < -0.4 is 5.32 Å². The highest BCUT2D eigenvalue weighted by Gasteiger charge is 2.07. The molecule has 2 aromatic rings. The summed E-state index contributed by atoms with van der Waals surface area (Å²) in [4.78, 5) is 11.9. The van der Waals surface area contributed by atoms with Crippen LogP contribution in [0.15, 0.2) is 30.3 Å². The van der Waals surface area contributed by atoms with Crippen molar-refractivity contribution in [1.29, 1.82) is 0 Å². The zero-order valence-corrected chi connectivity index (χ0v) is 10.9. The van der Waals surface area contributed by atoms with Crippen molar-refractivity contribution in [3.63, 3.8) is 0 Å². The lowest BCUT2D eigenvalue weighted by molar-refractivity contribution is -0.116. The van der Waals surface area contributed by atoms with Crippen molar-refractivity contribution in [3.8, 4) is 0 Å². The van der Waals surface area contributed by atoms with E-state index in [0.717, 1.165) is 22.6 Å². The number of hydrogen-bond acceptors (Lipinski definition) is 2. The van der Waals surface area contributed by atoms with Gasteiger partial charge in [0.15, 0.2) is 0 Å². The summed E-state index contributed by atoms with van der Waals surface area (Å²) in [7, 11) is 0. The van der Waals surface area contributed by atoms with Crippen LogP contribution in [0.25, 0.3) is 0 Å². The van der Waals surface area contributed by atoms with Gasteiger partial charge in [-0.2, -0.15) is 5.10 Å². The molecule has 0 fully saturated rings. The molecule has 18 heavy (non-hydrogen) atoms. The van der Waals surface area contributed by atoms with Gasteiger partial charge >= 0.3 is 0 Å². The van der Waals surface area contributed by atoms with E-state index in [2.05, 4.69) is 10.4 Å². The Kier molecular flexibility index (Phi) is 3.46. The molecule has 0 bridgehead atoms. The van der Waals surface area contributed by atoms with Crippen LogP contribution >= 0.6 is 0 Å². The molecule has 0 atom stereocenters. The quantitative estimate of drug-likeness (QED) is 0.900. The van der Waals surface area contributed by atoms with Crippen LogP contribution in [-0.4, -0.2) is 15.7 Å². The maximum Gasteiger partial charge on any atom is 0.246 e. The summed E-state index contributed by atoms with van der Waals surface area (Å²) in [6, 6.07) is 9.70. The molecule has 1 amide bonds. The van der Waals surface area contributed by atoms with Crippen LogP contribution in [0.5, 0.6) is 0 Å². The van der Waals surface area contributed by atoms with Gasteiger partial charge in [-0.3, -0.25) is 9.48 Å². The summed E-state index contributed by atoms with van der Waals surface area (Å²) >= 11 is 0. The molecule has 1 aromatic carbocycles. The monoisotopic (exact) mass is 243 g/mol. The number of carbonyl (C=O) groups is 1. The largest absolute Gasteiger partial charge is 0.324 e.